The maximum Gasteiger partial charge on any atom is 0.321 e. The first-order valence-electron chi connectivity index (χ1n) is 8.97. The molecule has 2 amide bonds. The Morgan fingerprint density at radius 1 is 0.962 bits per heavy atom. The van der Waals surface area contributed by atoms with Gasteiger partial charge in [0.25, 0.3) is 0 Å². The number of rotatable bonds is 2. The molecular formula is C20H23N3O3. The lowest BCUT2D eigenvalue weighted by molar-refractivity contribution is 0.171. The molecule has 2 aliphatic heterocycles. The van der Waals surface area contributed by atoms with Gasteiger partial charge < -0.3 is 24.6 Å². The van der Waals surface area contributed by atoms with E-state index >= 15 is 0 Å². The number of benzene rings is 2. The number of fused-ring (bicyclic) bond motifs is 1. The molecule has 0 atom stereocenters. The highest BCUT2D eigenvalue weighted by Gasteiger charge is 2.23. The lowest BCUT2D eigenvalue weighted by atomic mass is 10.2. The van der Waals surface area contributed by atoms with Gasteiger partial charge in [-0.3, -0.25) is 0 Å². The molecule has 1 fully saturated rings. The third kappa shape index (κ3) is 3.40. The summed E-state index contributed by atoms with van der Waals surface area (Å²) in [5, 5.41) is 3.01. The van der Waals surface area contributed by atoms with Crippen molar-refractivity contribution in [3.05, 3.63) is 48.0 Å². The third-order valence-electron chi connectivity index (χ3n) is 4.84. The van der Waals surface area contributed by atoms with Gasteiger partial charge >= 0.3 is 6.03 Å². The second-order valence-electron chi connectivity index (χ2n) is 6.55. The van der Waals surface area contributed by atoms with Gasteiger partial charge in [0.1, 0.15) is 13.2 Å². The van der Waals surface area contributed by atoms with Crippen LogP contribution in [-0.4, -0.2) is 50.3 Å². The Balaban J connectivity index is 1.36. The normalized spacial score (nSPS) is 16.3. The van der Waals surface area contributed by atoms with Gasteiger partial charge in [0, 0.05) is 43.6 Å². The van der Waals surface area contributed by atoms with Gasteiger partial charge in [0.15, 0.2) is 11.5 Å². The fourth-order valence-electron chi connectivity index (χ4n) is 3.30. The first-order chi connectivity index (χ1) is 12.7. The molecular weight excluding hydrogens is 330 g/mol. The summed E-state index contributed by atoms with van der Waals surface area (Å²) >= 11 is 0. The van der Waals surface area contributed by atoms with Gasteiger partial charge in [-0.05, 0) is 30.7 Å². The van der Waals surface area contributed by atoms with Crippen molar-refractivity contribution in [3.8, 4) is 11.5 Å². The van der Waals surface area contributed by atoms with E-state index < -0.39 is 0 Å². The Labute approximate surface area is 153 Å². The third-order valence-corrected chi connectivity index (χ3v) is 4.84. The van der Waals surface area contributed by atoms with Gasteiger partial charge in [0.2, 0.25) is 0 Å². The van der Waals surface area contributed by atoms with E-state index in [1.165, 1.54) is 0 Å². The van der Waals surface area contributed by atoms with Crippen molar-refractivity contribution < 1.29 is 14.3 Å². The number of hydrogen-bond donors (Lipinski definition) is 1. The quantitative estimate of drug-likeness (QED) is 0.901. The average molecular weight is 353 g/mol. The number of piperazine rings is 1. The molecule has 0 bridgehead atoms. The minimum atomic E-state index is -0.0406. The molecule has 136 valence electrons. The molecule has 6 heteroatoms. The minimum absolute atomic E-state index is 0.0406. The average Bonchev–Trinajstić information content (AvgIpc) is 2.69. The molecule has 0 saturated carbocycles. The number of nitrogens with zero attached hydrogens (tertiary/aromatic N) is 2. The topological polar surface area (TPSA) is 54.0 Å². The van der Waals surface area contributed by atoms with Crippen LogP contribution in [0.3, 0.4) is 0 Å². The molecule has 1 N–H and O–H groups in total. The van der Waals surface area contributed by atoms with E-state index in [-0.39, 0.29) is 6.03 Å². The summed E-state index contributed by atoms with van der Waals surface area (Å²) in [6.07, 6.45) is 0. The van der Waals surface area contributed by atoms with Gasteiger partial charge in [-0.25, -0.2) is 4.79 Å². The van der Waals surface area contributed by atoms with E-state index in [4.69, 9.17) is 9.47 Å². The first kappa shape index (κ1) is 16.6. The zero-order chi connectivity index (χ0) is 17.9. The van der Waals surface area contributed by atoms with Gasteiger partial charge in [-0.1, -0.05) is 18.2 Å². The van der Waals surface area contributed by atoms with Crippen molar-refractivity contribution >= 4 is 17.4 Å². The highest BCUT2D eigenvalue weighted by Crippen LogP contribution is 2.34. The molecule has 0 unspecified atom stereocenters. The van der Waals surface area contributed by atoms with E-state index in [9.17, 15) is 4.79 Å². The van der Waals surface area contributed by atoms with Crippen LogP contribution in [0.25, 0.3) is 0 Å². The standard InChI is InChI=1S/C20H23N3O3/c1-15-4-2-3-5-17(15)21-20(24)23-10-8-22(9-11-23)16-6-7-18-19(14-16)26-13-12-25-18/h2-7,14H,8-13H2,1H3,(H,21,24). The molecule has 6 nitrogen and oxygen atoms in total. The van der Waals surface area contributed by atoms with Gasteiger partial charge in [-0.2, -0.15) is 0 Å². The van der Waals surface area contributed by atoms with Crippen LogP contribution < -0.4 is 19.7 Å². The number of para-hydroxylation sites is 1. The second-order valence-corrected chi connectivity index (χ2v) is 6.55. The van der Waals surface area contributed by atoms with Crippen LogP contribution in [0, 0.1) is 6.92 Å². The molecule has 4 rings (SSSR count). The van der Waals surface area contributed by atoms with E-state index in [1.54, 1.807) is 0 Å². The Kier molecular flexibility index (Phi) is 4.56. The van der Waals surface area contributed by atoms with E-state index in [2.05, 4.69) is 16.3 Å². The molecule has 2 heterocycles. The second kappa shape index (κ2) is 7.15. The summed E-state index contributed by atoms with van der Waals surface area (Å²) in [6.45, 7) is 6.14. The SMILES string of the molecule is Cc1ccccc1NC(=O)N1CCN(c2ccc3c(c2)OCCO3)CC1. The van der Waals surface area contributed by atoms with Crippen LogP contribution >= 0.6 is 0 Å². The number of amides is 2. The number of urea groups is 1. The lowest BCUT2D eigenvalue weighted by Gasteiger charge is -2.36. The number of carbonyl (C=O) groups is 1. The number of ether oxygens (including phenoxy) is 2. The van der Waals surface area contributed by atoms with Crippen LogP contribution in [0.4, 0.5) is 16.2 Å². The Morgan fingerprint density at radius 2 is 1.69 bits per heavy atom. The maximum absolute atomic E-state index is 12.5. The number of anilines is 2. The van der Waals surface area contributed by atoms with Crippen molar-refractivity contribution in [1.82, 2.24) is 4.90 Å². The highest BCUT2D eigenvalue weighted by molar-refractivity contribution is 5.90. The van der Waals surface area contributed by atoms with Crippen LogP contribution in [0.5, 0.6) is 11.5 Å². The fraction of sp³-hybridized carbons (Fsp3) is 0.350. The van der Waals surface area contributed by atoms with E-state index in [1.807, 2.05) is 48.2 Å². The Hall–Kier alpha value is -2.89. The maximum atomic E-state index is 12.5. The Morgan fingerprint density at radius 3 is 2.46 bits per heavy atom. The van der Waals surface area contributed by atoms with Crippen LogP contribution in [-0.2, 0) is 0 Å². The molecule has 26 heavy (non-hydrogen) atoms. The van der Waals surface area contributed by atoms with E-state index in [0.717, 1.165) is 41.5 Å². The van der Waals surface area contributed by atoms with Crippen molar-refractivity contribution in [2.24, 2.45) is 0 Å². The molecule has 0 radical (unpaired) electrons. The zero-order valence-corrected chi connectivity index (χ0v) is 14.9. The number of aryl methyl sites for hydroxylation is 1. The number of carbonyl (C=O) groups excluding carboxylic acids is 1. The Bertz CT molecular complexity index is 801. The molecule has 2 aromatic carbocycles. The zero-order valence-electron chi connectivity index (χ0n) is 14.9. The summed E-state index contributed by atoms with van der Waals surface area (Å²) in [7, 11) is 0. The molecule has 2 aromatic rings. The summed E-state index contributed by atoms with van der Waals surface area (Å²) in [5.41, 5.74) is 3.04. The number of nitrogens with one attached hydrogen (secondary N) is 1. The van der Waals surface area contributed by atoms with Crippen LogP contribution in [0.1, 0.15) is 5.56 Å². The monoisotopic (exact) mass is 353 g/mol. The highest BCUT2D eigenvalue weighted by atomic mass is 16.6. The minimum Gasteiger partial charge on any atom is -0.486 e. The van der Waals surface area contributed by atoms with Gasteiger partial charge in [-0.15, -0.1) is 0 Å². The van der Waals surface area contributed by atoms with Crippen LogP contribution in [0.2, 0.25) is 0 Å². The van der Waals surface area contributed by atoms with E-state index in [0.29, 0.717) is 26.3 Å². The predicted octanol–water partition coefficient (Wildman–Crippen LogP) is 3.12. The largest absolute Gasteiger partial charge is 0.486 e. The fourth-order valence-corrected chi connectivity index (χ4v) is 3.30. The van der Waals surface area contributed by atoms with Gasteiger partial charge in [0.05, 0.1) is 0 Å². The summed E-state index contributed by atoms with van der Waals surface area (Å²) in [6, 6.07) is 13.8. The summed E-state index contributed by atoms with van der Waals surface area (Å²) < 4.78 is 11.2. The van der Waals surface area contributed by atoms with Crippen molar-refractivity contribution in [3.63, 3.8) is 0 Å². The molecule has 0 aliphatic carbocycles. The van der Waals surface area contributed by atoms with Crippen molar-refractivity contribution in [2.45, 2.75) is 6.92 Å². The van der Waals surface area contributed by atoms with Crippen LogP contribution in [0.15, 0.2) is 42.5 Å². The van der Waals surface area contributed by atoms with Crippen molar-refractivity contribution in [1.29, 1.82) is 0 Å². The molecule has 0 spiro atoms. The molecule has 2 aliphatic rings. The predicted molar refractivity (Wildman–Crippen MR) is 101 cm³/mol. The lowest BCUT2D eigenvalue weighted by Crippen LogP contribution is -2.50. The number of hydrogen-bond acceptors (Lipinski definition) is 4. The first-order valence-corrected chi connectivity index (χ1v) is 8.97. The van der Waals surface area contributed by atoms with Crippen molar-refractivity contribution in [2.75, 3.05) is 49.6 Å². The summed E-state index contributed by atoms with van der Waals surface area (Å²) in [5.74, 6) is 1.60. The smallest absolute Gasteiger partial charge is 0.321 e. The summed E-state index contributed by atoms with van der Waals surface area (Å²) in [4.78, 5) is 16.6. The molecule has 1 saturated heterocycles. The molecule has 0 aromatic heterocycles.